The molecule has 1 saturated heterocycles. The zero-order valence-electron chi connectivity index (χ0n) is 12.0. The second kappa shape index (κ2) is 5.61. The summed E-state index contributed by atoms with van der Waals surface area (Å²) < 4.78 is 26.6. The summed E-state index contributed by atoms with van der Waals surface area (Å²) in [7, 11) is -3.89. The van der Waals surface area contributed by atoms with Crippen molar-refractivity contribution in [1.82, 2.24) is 4.31 Å². The predicted octanol–water partition coefficient (Wildman–Crippen LogP) is 1.84. The second-order valence-corrected chi connectivity index (χ2v) is 7.55. The van der Waals surface area contributed by atoms with Gasteiger partial charge in [0.05, 0.1) is 4.92 Å². The van der Waals surface area contributed by atoms with Crippen LogP contribution in [0, 0.1) is 22.0 Å². The molecule has 0 spiro atoms. The van der Waals surface area contributed by atoms with Crippen LogP contribution in [0.2, 0.25) is 0 Å². The van der Waals surface area contributed by atoms with Crippen molar-refractivity contribution in [3.63, 3.8) is 0 Å². The molecule has 1 aromatic rings. The summed E-state index contributed by atoms with van der Waals surface area (Å²) in [6.07, 6.45) is 0.771. The van der Waals surface area contributed by atoms with Gasteiger partial charge in [0.1, 0.15) is 0 Å². The average molecular weight is 313 g/mol. The van der Waals surface area contributed by atoms with Crippen LogP contribution in [0.3, 0.4) is 0 Å². The van der Waals surface area contributed by atoms with Crippen molar-refractivity contribution in [2.75, 3.05) is 18.8 Å². The molecule has 1 atom stereocenters. The summed E-state index contributed by atoms with van der Waals surface area (Å²) in [6, 6.07) is 3.63. The first-order valence-electron chi connectivity index (χ1n) is 6.77. The first kappa shape index (κ1) is 15.7. The smallest absolute Gasteiger partial charge is 0.289 e. The summed E-state index contributed by atoms with van der Waals surface area (Å²) in [5.41, 5.74) is 5.35. The van der Waals surface area contributed by atoms with Gasteiger partial charge in [-0.15, -0.1) is 0 Å². The van der Waals surface area contributed by atoms with Gasteiger partial charge in [-0.3, -0.25) is 10.1 Å². The topological polar surface area (TPSA) is 107 Å². The Morgan fingerprint density at radius 2 is 2.10 bits per heavy atom. The Morgan fingerprint density at radius 1 is 1.43 bits per heavy atom. The average Bonchev–Trinajstić information content (AvgIpc) is 2.88. The zero-order chi connectivity index (χ0) is 15.8. The number of rotatable bonds is 4. The Kier molecular flexibility index (Phi) is 4.20. The van der Waals surface area contributed by atoms with E-state index in [1.165, 1.54) is 10.4 Å². The van der Waals surface area contributed by atoms with E-state index in [9.17, 15) is 18.5 Å². The van der Waals surface area contributed by atoms with E-state index in [0.29, 0.717) is 19.0 Å². The quantitative estimate of drug-likeness (QED) is 0.518. The third-order valence-corrected chi connectivity index (χ3v) is 5.82. The molecule has 1 fully saturated rings. The van der Waals surface area contributed by atoms with E-state index in [1.54, 1.807) is 0 Å². The largest absolute Gasteiger partial charge is 0.399 e. The predicted molar refractivity (Wildman–Crippen MR) is 79.2 cm³/mol. The molecule has 1 aliphatic rings. The third-order valence-electron chi connectivity index (χ3n) is 3.93. The summed E-state index contributed by atoms with van der Waals surface area (Å²) in [5, 5.41) is 11.0. The number of nitrogen functional groups attached to an aromatic ring is 1. The van der Waals surface area contributed by atoms with Crippen LogP contribution in [-0.4, -0.2) is 30.7 Å². The lowest BCUT2D eigenvalue weighted by Gasteiger charge is -2.18. The fourth-order valence-corrected chi connectivity index (χ4v) is 4.25. The highest BCUT2D eigenvalue weighted by atomic mass is 32.2. The van der Waals surface area contributed by atoms with Crippen molar-refractivity contribution in [3.05, 3.63) is 28.3 Å². The molecule has 8 heteroatoms. The van der Waals surface area contributed by atoms with E-state index in [0.717, 1.165) is 18.6 Å². The molecular formula is C13H19N3O4S. The number of anilines is 1. The molecule has 7 nitrogen and oxygen atoms in total. The van der Waals surface area contributed by atoms with Gasteiger partial charge in [0.25, 0.3) is 5.69 Å². The third kappa shape index (κ3) is 3.01. The van der Waals surface area contributed by atoms with Crippen LogP contribution in [0.4, 0.5) is 11.4 Å². The Hall–Kier alpha value is -1.67. The van der Waals surface area contributed by atoms with Gasteiger partial charge in [0.2, 0.25) is 10.0 Å². The molecule has 0 radical (unpaired) electrons. The van der Waals surface area contributed by atoms with E-state index >= 15 is 0 Å². The highest BCUT2D eigenvalue weighted by Crippen LogP contribution is 2.33. The second-order valence-electron chi connectivity index (χ2n) is 5.64. The maximum atomic E-state index is 12.6. The van der Waals surface area contributed by atoms with Crippen LogP contribution in [0.25, 0.3) is 0 Å². The minimum atomic E-state index is -3.89. The van der Waals surface area contributed by atoms with Crippen LogP contribution in [-0.2, 0) is 10.0 Å². The maximum absolute atomic E-state index is 12.6. The van der Waals surface area contributed by atoms with Gasteiger partial charge < -0.3 is 5.73 Å². The fraction of sp³-hybridized carbons (Fsp3) is 0.538. The summed E-state index contributed by atoms with van der Waals surface area (Å²) in [5.74, 6) is 0.654. The lowest BCUT2D eigenvalue weighted by Crippen LogP contribution is -2.30. The van der Waals surface area contributed by atoms with Crippen LogP contribution in [0.5, 0.6) is 0 Å². The number of hydrogen-bond donors (Lipinski definition) is 1. The lowest BCUT2D eigenvalue weighted by atomic mass is 9.96. The van der Waals surface area contributed by atoms with Crippen molar-refractivity contribution < 1.29 is 13.3 Å². The van der Waals surface area contributed by atoms with E-state index < -0.39 is 20.6 Å². The lowest BCUT2D eigenvalue weighted by molar-refractivity contribution is -0.387. The van der Waals surface area contributed by atoms with Crippen molar-refractivity contribution in [2.45, 2.75) is 25.2 Å². The monoisotopic (exact) mass is 313 g/mol. The Morgan fingerprint density at radius 3 is 2.62 bits per heavy atom. The summed E-state index contributed by atoms with van der Waals surface area (Å²) >= 11 is 0. The molecule has 0 aromatic heterocycles. The molecule has 2 N–H and O–H groups in total. The Balaban J connectivity index is 2.41. The van der Waals surface area contributed by atoms with Crippen molar-refractivity contribution in [2.24, 2.45) is 11.8 Å². The van der Waals surface area contributed by atoms with Gasteiger partial charge in [0, 0.05) is 24.8 Å². The van der Waals surface area contributed by atoms with Gasteiger partial charge in [-0.05, 0) is 30.4 Å². The molecule has 1 aliphatic heterocycles. The standard InChI is InChI=1S/C13H19N3O4S/c1-9(2)10-5-6-15(8-10)21(19,20)13-7-11(14)3-4-12(13)16(17)18/h3-4,7,9-10H,5-6,8,14H2,1-2H3. The Labute approximate surface area is 123 Å². The molecular weight excluding hydrogens is 294 g/mol. The molecule has 0 aliphatic carbocycles. The van der Waals surface area contributed by atoms with Gasteiger partial charge in [-0.25, -0.2) is 8.42 Å². The zero-order valence-corrected chi connectivity index (χ0v) is 12.8. The van der Waals surface area contributed by atoms with E-state index in [2.05, 4.69) is 0 Å². The molecule has 1 heterocycles. The number of sulfonamides is 1. The molecule has 116 valence electrons. The van der Waals surface area contributed by atoms with E-state index in [4.69, 9.17) is 5.73 Å². The number of nitrogens with zero attached hydrogens (tertiary/aromatic N) is 2. The van der Waals surface area contributed by atoms with Crippen LogP contribution >= 0.6 is 0 Å². The van der Waals surface area contributed by atoms with Crippen LogP contribution in [0.15, 0.2) is 23.1 Å². The number of nitrogens with two attached hydrogens (primary N) is 1. The first-order valence-corrected chi connectivity index (χ1v) is 8.21. The maximum Gasteiger partial charge on any atom is 0.289 e. The van der Waals surface area contributed by atoms with Crippen LogP contribution in [0.1, 0.15) is 20.3 Å². The van der Waals surface area contributed by atoms with Gasteiger partial charge >= 0.3 is 0 Å². The molecule has 0 saturated carbocycles. The number of benzene rings is 1. The number of nitro groups is 1. The summed E-state index contributed by atoms with van der Waals surface area (Å²) in [6.45, 7) is 4.87. The van der Waals surface area contributed by atoms with Crippen molar-refractivity contribution >= 4 is 21.4 Å². The van der Waals surface area contributed by atoms with Crippen molar-refractivity contribution in [3.8, 4) is 0 Å². The first-order chi connectivity index (χ1) is 9.73. The SMILES string of the molecule is CC(C)C1CCN(S(=O)(=O)c2cc(N)ccc2[N+](=O)[O-])C1. The van der Waals surface area contributed by atoms with Gasteiger partial charge in [0.15, 0.2) is 4.90 Å². The highest BCUT2D eigenvalue weighted by molar-refractivity contribution is 7.89. The highest BCUT2D eigenvalue weighted by Gasteiger charge is 2.37. The van der Waals surface area contributed by atoms with E-state index in [1.807, 2.05) is 13.8 Å². The van der Waals surface area contributed by atoms with Crippen LogP contribution < -0.4 is 5.73 Å². The number of nitro benzene ring substituents is 1. The van der Waals surface area contributed by atoms with Gasteiger partial charge in [-0.2, -0.15) is 4.31 Å². The van der Waals surface area contributed by atoms with Crippen molar-refractivity contribution in [1.29, 1.82) is 0 Å². The normalized spacial score (nSPS) is 20.0. The minimum absolute atomic E-state index is 0.193. The minimum Gasteiger partial charge on any atom is -0.399 e. The summed E-state index contributed by atoms with van der Waals surface area (Å²) in [4.78, 5) is 10.0. The molecule has 21 heavy (non-hydrogen) atoms. The molecule has 0 amide bonds. The molecule has 1 aromatic carbocycles. The molecule has 2 rings (SSSR count). The molecule has 0 bridgehead atoms. The fourth-order valence-electron chi connectivity index (χ4n) is 2.54. The Bertz CT molecular complexity index is 657. The molecule has 1 unspecified atom stereocenters. The van der Waals surface area contributed by atoms with Gasteiger partial charge in [-0.1, -0.05) is 13.8 Å². The number of hydrogen-bond acceptors (Lipinski definition) is 5. The van der Waals surface area contributed by atoms with E-state index in [-0.39, 0.29) is 16.5 Å².